The number of nitrogens with zero attached hydrogens (tertiary/aromatic N) is 4. The van der Waals surface area contributed by atoms with Gasteiger partial charge in [0, 0.05) is 51.3 Å². The first-order chi connectivity index (χ1) is 11.4. The van der Waals surface area contributed by atoms with Crippen molar-refractivity contribution in [3.63, 3.8) is 0 Å². The summed E-state index contributed by atoms with van der Waals surface area (Å²) < 4.78 is 24.3. The number of hydrogen-bond acceptors (Lipinski definition) is 6. The van der Waals surface area contributed by atoms with Crippen LogP contribution in [0.1, 0.15) is 5.56 Å². The maximum Gasteiger partial charge on any atom is 0.263 e. The molecule has 1 aliphatic heterocycles. The van der Waals surface area contributed by atoms with Crippen molar-refractivity contribution in [3.8, 4) is 6.07 Å². The molecule has 2 heterocycles. The summed E-state index contributed by atoms with van der Waals surface area (Å²) >= 11 is 0. The van der Waals surface area contributed by atoms with Crippen molar-refractivity contribution in [2.45, 2.75) is 6.54 Å². The molecule has 1 N–H and O–H groups in total. The first kappa shape index (κ1) is 17.9. The van der Waals surface area contributed by atoms with Gasteiger partial charge >= 0.3 is 0 Å². The number of nitrogens with one attached hydrogen (secondary N) is 1. The quantitative estimate of drug-likeness (QED) is 0.577. The van der Waals surface area contributed by atoms with E-state index < -0.39 is 15.9 Å². The predicted octanol–water partition coefficient (Wildman–Crippen LogP) is -0.318. The molecule has 0 radical (unpaired) electrons. The molecule has 0 bridgehead atoms. The third kappa shape index (κ3) is 5.04. The second-order valence-corrected chi connectivity index (χ2v) is 7.38. The number of nitriles is 1. The zero-order chi connectivity index (χ0) is 17.6. The van der Waals surface area contributed by atoms with Crippen molar-refractivity contribution in [1.29, 1.82) is 5.26 Å². The standard InChI is InChI=1S/C15H19N5O3S/c1-24(22,23)20-7-5-19(6-8-20)12-14(9-16)15(21)18-11-13-3-2-4-17-10-13/h2-4,10,12H,5-8,11H2,1H3,(H,18,21)/b14-12-. The lowest BCUT2D eigenvalue weighted by Gasteiger charge is -2.32. The average Bonchev–Trinajstić information content (AvgIpc) is 2.58. The number of sulfonamides is 1. The number of pyridine rings is 1. The summed E-state index contributed by atoms with van der Waals surface area (Å²) in [7, 11) is -3.20. The molecule has 128 valence electrons. The molecule has 0 aromatic carbocycles. The Hall–Kier alpha value is -2.44. The third-order valence-corrected chi connectivity index (χ3v) is 4.90. The highest BCUT2D eigenvalue weighted by Gasteiger charge is 2.22. The van der Waals surface area contributed by atoms with E-state index in [1.165, 1.54) is 16.8 Å². The van der Waals surface area contributed by atoms with Crippen molar-refractivity contribution in [3.05, 3.63) is 41.9 Å². The van der Waals surface area contributed by atoms with Crippen LogP contribution in [0.2, 0.25) is 0 Å². The Kier molecular flexibility index (Phi) is 5.89. The lowest BCUT2D eigenvalue weighted by Crippen LogP contribution is -2.46. The summed E-state index contributed by atoms with van der Waals surface area (Å²) in [5.41, 5.74) is 0.830. The molecule has 1 aromatic rings. The molecule has 0 unspecified atom stereocenters. The van der Waals surface area contributed by atoms with Gasteiger partial charge in [0.2, 0.25) is 10.0 Å². The largest absolute Gasteiger partial charge is 0.373 e. The lowest BCUT2D eigenvalue weighted by atomic mass is 10.2. The maximum absolute atomic E-state index is 12.1. The van der Waals surface area contributed by atoms with E-state index in [9.17, 15) is 18.5 Å². The van der Waals surface area contributed by atoms with Gasteiger partial charge in [-0.25, -0.2) is 8.42 Å². The van der Waals surface area contributed by atoms with Crippen molar-refractivity contribution in [2.24, 2.45) is 0 Å². The average molecular weight is 349 g/mol. The normalized spacial score (nSPS) is 16.5. The first-order valence-electron chi connectivity index (χ1n) is 7.38. The van der Waals surface area contributed by atoms with Gasteiger partial charge < -0.3 is 10.2 Å². The monoisotopic (exact) mass is 349 g/mol. The summed E-state index contributed by atoms with van der Waals surface area (Å²) in [6.45, 7) is 1.84. The van der Waals surface area contributed by atoms with Crippen LogP contribution < -0.4 is 5.32 Å². The predicted molar refractivity (Wildman–Crippen MR) is 87.8 cm³/mol. The minimum Gasteiger partial charge on any atom is -0.373 e. The van der Waals surface area contributed by atoms with E-state index in [0.717, 1.165) is 5.56 Å². The summed E-state index contributed by atoms with van der Waals surface area (Å²) in [6, 6.07) is 5.48. The summed E-state index contributed by atoms with van der Waals surface area (Å²) in [4.78, 5) is 17.8. The van der Waals surface area contributed by atoms with Crippen molar-refractivity contribution in [2.75, 3.05) is 32.4 Å². The third-order valence-electron chi connectivity index (χ3n) is 3.59. The van der Waals surface area contributed by atoms with E-state index >= 15 is 0 Å². The molecule has 24 heavy (non-hydrogen) atoms. The molecule has 0 spiro atoms. The van der Waals surface area contributed by atoms with Gasteiger partial charge in [0.1, 0.15) is 11.6 Å². The van der Waals surface area contributed by atoms with Gasteiger partial charge in [-0.2, -0.15) is 9.57 Å². The zero-order valence-corrected chi connectivity index (χ0v) is 14.2. The number of hydrogen-bond donors (Lipinski definition) is 1. The van der Waals surface area contributed by atoms with E-state index in [-0.39, 0.29) is 12.1 Å². The molecule has 0 atom stereocenters. The van der Waals surface area contributed by atoms with Gasteiger partial charge in [-0.15, -0.1) is 0 Å². The Bertz CT molecular complexity index is 747. The number of rotatable bonds is 5. The molecule has 8 nitrogen and oxygen atoms in total. The number of aromatic nitrogens is 1. The number of carbonyl (C=O) groups excluding carboxylic acids is 1. The smallest absolute Gasteiger partial charge is 0.263 e. The minimum absolute atomic E-state index is 0.00769. The molecule has 0 saturated carbocycles. The summed E-state index contributed by atoms with van der Waals surface area (Å²) in [5, 5.41) is 11.9. The van der Waals surface area contributed by atoms with Crippen LogP contribution in [-0.2, 0) is 21.4 Å². The van der Waals surface area contributed by atoms with Crippen LogP contribution in [0.5, 0.6) is 0 Å². The van der Waals surface area contributed by atoms with Gasteiger partial charge in [-0.05, 0) is 11.6 Å². The van der Waals surface area contributed by atoms with Crippen molar-refractivity contribution in [1.82, 2.24) is 19.5 Å². The van der Waals surface area contributed by atoms with E-state index in [2.05, 4.69) is 10.3 Å². The van der Waals surface area contributed by atoms with E-state index in [1.807, 2.05) is 12.1 Å². The molecule has 1 amide bonds. The summed E-state index contributed by atoms with van der Waals surface area (Å²) in [6.07, 6.45) is 5.94. The number of amides is 1. The first-order valence-corrected chi connectivity index (χ1v) is 9.23. The van der Waals surface area contributed by atoms with E-state index in [1.54, 1.807) is 23.4 Å². The molecule has 1 aromatic heterocycles. The van der Waals surface area contributed by atoms with Gasteiger partial charge in [0.25, 0.3) is 5.91 Å². The Balaban J connectivity index is 1.92. The second-order valence-electron chi connectivity index (χ2n) is 5.40. The Morgan fingerprint density at radius 1 is 1.42 bits per heavy atom. The Morgan fingerprint density at radius 2 is 2.12 bits per heavy atom. The fourth-order valence-electron chi connectivity index (χ4n) is 2.27. The highest BCUT2D eigenvalue weighted by atomic mass is 32.2. The molecular weight excluding hydrogens is 330 g/mol. The van der Waals surface area contributed by atoms with Crippen LogP contribution in [0.3, 0.4) is 0 Å². The van der Waals surface area contributed by atoms with Crippen molar-refractivity contribution >= 4 is 15.9 Å². The molecule has 1 saturated heterocycles. The fraction of sp³-hybridized carbons (Fsp3) is 0.400. The Morgan fingerprint density at radius 3 is 2.67 bits per heavy atom. The van der Waals surface area contributed by atoms with Crippen LogP contribution in [0, 0.1) is 11.3 Å². The van der Waals surface area contributed by atoms with Gasteiger partial charge in [0.15, 0.2) is 0 Å². The fourth-order valence-corrected chi connectivity index (χ4v) is 3.09. The molecular formula is C15H19N5O3S. The molecule has 9 heteroatoms. The lowest BCUT2D eigenvalue weighted by molar-refractivity contribution is -0.117. The molecule has 2 rings (SSSR count). The topological polar surface area (TPSA) is 106 Å². The molecule has 0 aliphatic carbocycles. The van der Waals surface area contributed by atoms with Crippen LogP contribution in [0.4, 0.5) is 0 Å². The highest BCUT2D eigenvalue weighted by Crippen LogP contribution is 2.08. The van der Waals surface area contributed by atoms with Crippen molar-refractivity contribution < 1.29 is 13.2 Å². The van der Waals surface area contributed by atoms with Gasteiger partial charge in [0.05, 0.1) is 6.26 Å². The van der Waals surface area contributed by atoms with Crippen LogP contribution in [0.15, 0.2) is 36.3 Å². The number of carbonyl (C=O) groups is 1. The van der Waals surface area contributed by atoms with E-state index in [4.69, 9.17) is 0 Å². The number of piperazine rings is 1. The molecule has 1 fully saturated rings. The summed E-state index contributed by atoms with van der Waals surface area (Å²) in [5.74, 6) is -0.466. The van der Waals surface area contributed by atoms with E-state index in [0.29, 0.717) is 26.2 Å². The minimum atomic E-state index is -3.20. The zero-order valence-electron chi connectivity index (χ0n) is 13.3. The maximum atomic E-state index is 12.1. The molecule has 1 aliphatic rings. The Labute approximate surface area is 141 Å². The SMILES string of the molecule is CS(=O)(=O)N1CCN(/C=C(/C#N)C(=O)NCc2cccnc2)CC1. The van der Waals surface area contributed by atoms with Crippen LogP contribution in [-0.4, -0.2) is 60.9 Å². The van der Waals surface area contributed by atoms with Gasteiger partial charge in [-0.1, -0.05) is 6.07 Å². The second kappa shape index (κ2) is 7.90. The highest BCUT2D eigenvalue weighted by molar-refractivity contribution is 7.88. The van der Waals surface area contributed by atoms with Gasteiger partial charge in [-0.3, -0.25) is 9.78 Å². The van der Waals surface area contributed by atoms with Crippen LogP contribution in [0.25, 0.3) is 0 Å². The van der Waals surface area contributed by atoms with Crippen LogP contribution >= 0.6 is 0 Å².